The lowest BCUT2D eigenvalue weighted by Gasteiger charge is -2.27. The molecule has 19 heavy (non-hydrogen) atoms. The molecule has 1 N–H and O–H groups in total. The second-order valence-electron chi connectivity index (χ2n) is 4.89. The maximum Gasteiger partial charge on any atom is 0.0923 e. The number of imidazole rings is 1. The molecule has 0 saturated carbocycles. The summed E-state index contributed by atoms with van der Waals surface area (Å²) in [5.74, 6) is 0.387. The molecule has 1 unspecified atom stereocenters. The van der Waals surface area contributed by atoms with Crippen LogP contribution in [0.15, 0.2) is 42.9 Å². The van der Waals surface area contributed by atoms with Crippen LogP contribution in [0.2, 0.25) is 0 Å². The Bertz CT molecular complexity index is 632. The van der Waals surface area contributed by atoms with Crippen molar-refractivity contribution in [3.63, 3.8) is 0 Å². The van der Waals surface area contributed by atoms with Crippen molar-refractivity contribution in [1.82, 2.24) is 9.97 Å². The molecule has 1 aliphatic carbocycles. The Morgan fingerprint density at radius 1 is 1.42 bits per heavy atom. The molecule has 0 aliphatic heterocycles. The lowest BCUT2D eigenvalue weighted by Crippen LogP contribution is -2.15. The minimum atomic E-state index is 0.387. The molecule has 2 aromatic rings. The summed E-state index contributed by atoms with van der Waals surface area (Å²) in [5, 5.41) is 9.04. The van der Waals surface area contributed by atoms with Gasteiger partial charge >= 0.3 is 0 Å². The van der Waals surface area contributed by atoms with Crippen LogP contribution in [0.1, 0.15) is 23.2 Å². The lowest BCUT2D eigenvalue weighted by molar-refractivity contribution is 0.580. The highest BCUT2D eigenvalue weighted by atomic mass is 14.9. The predicted molar refractivity (Wildman–Crippen MR) is 74.1 cm³/mol. The molecule has 94 valence electrons. The number of aryl methyl sites for hydroxylation is 1. The maximum absolute atomic E-state index is 9.04. The van der Waals surface area contributed by atoms with Crippen LogP contribution >= 0.6 is 0 Å². The maximum atomic E-state index is 9.04. The Balaban J connectivity index is 1.95. The lowest BCUT2D eigenvalue weighted by atomic mass is 9.77. The van der Waals surface area contributed by atoms with E-state index >= 15 is 0 Å². The summed E-state index contributed by atoms with van der Waals surface area (Å²) in [5.41, 5.74) is 4.80. The highest BCUT2D eigenvalue weighted by molar-refractivity contribution is 5.73. The monoisotopic (exact) mass is 249 g/mol. The van der Waals surface area contributed by atoms with E-state index in [1.54, 1.807) is 12.4 Å². The highest BCUT2D eigenvalue weighted by Gasteiger charge is 2.24. The fraction of sp³-hybridized carbons (Fsp3) is 0.250. The number of benzene rings is 1. The second-order valence-corrected chi connectivity index (χ2v) is 4.89. The number of nitrogens with zero attached hydrogens (tertiary/aromatic N) is 2. The Labute approximate surface area is 112 Å². The topological polar surface area (TPSA) is 52.5 Å². The Kier molecular flexibility index (Phi) is 3.16. The van der Waals surface area contributed by atoms with Gasteiger partial charge in [-0.05, 0) is 41.9 Å². The number of nitriles is 1. The molecule has 3 nitrogen and oxygen atoms in total. The molecule has 0 radical (unpaired) electrons. The van der Waals surface area contributed by atoms with Gasteiger partial charge in [0.1, 0.15) is 0 Å². The van der Waals surface area contributed by atoms with Crippen molar-refractivity contribution in [2.45, 2.75) is 19.3 Å². The Morgan fingerprint density at radius 2 is 2.32 bits per heavy atom. The Morgan fingerprint density at radius 3 is 3.11 bits per heavy atom. The molecule has 0 amide bonds. The molecule has 1 aromatic heterocycles. The quantitative estimate of drug-likeness (QED) is 0.831. The SMILES string of the molecule is N#C/C=C1\c2ccccc2CCC1Cc1c[nH]cn1. The second kappa shape index (κ2) is 5.11. The minimum Gasteiger partial charge on any atom is -0.351 e. The van der Waals surface area contributed by atoms with E-state index in [1.165, 1.54) is 11.1 Å². The van der Waals surface area contributed by atoms with E-state index in [1.807, 2.05) is 12.3 Å². The fourth-order valence-electron chi connectivity index (χ4n) is 2.86. The van der Waals surface area contributed by atoms with Gasteiger partial charge in [-0.25, -0.2) is 4.98 Å². The predicted octanol–water partition coefficient (Wildman–Crippen LogP) is 3.12. The van der Waals surface area contributed by atoms with Gasteiger partial charge < -0.3 is 4.98 Å². The number of nitrogens with one attached hydrogen (secondary N) is 1. The summed E-state index contributed by atoms with van der Waals surface area (Å²) >= 11 is 0. The third-order valence-electron chi connectivity index (χ3n) is 3.76. The number of aromatic amines is 1. The van der Waals surface area contributed by atoms with Crippen LogP contribution in [-0.4, -0.2) is 9.97 Å². The van der Waals surface area contributed by atoms with Crippen molar-refractivity contribution in [1.29, 1.82) is 5.26 Å². The summed E-state index contributed by atoms with van der Waals surface area (Å²) in [6, 6.07) is 10.6. The van der Waals surface area contributed by atoms with Crippen LogP contribution in [0.4, 0.5) is 0 Å². The van der Waals surface area contributed by atoms with E-state index in [0.29, 0.717) is 5.92 Å². The van der Waals surface area contributed by atoms with Gasteiger partial charge in [0.25, 0.3) is 0 Å². The van der Waals surface area contributed by atoms with Gasteiger partial charge in [-0.3, -0.25) is 0 Å². The highest BCUT2D eigenvalue weighted by Crippen LogP contribution is 2.36. The average molecular weight is 249 g/mol. The van der Waals surface area contributed by atoms with Crippen LogP contribution < -0.4 is 0 Å². The molecule has 0 spiro atoms. The number of hydrogen-bond donors (Lipinski definition) is 1. The number of fused-ring (bicyclic) bond motifs is 1. The van der Waals surface area contributed by atoms with Crippen LogP contribution in [0, 0.1) is 17.2 Å². The third kappa shape index (κ3) is 2.30. The van der Waals surface area contributed by atoms with Gasteiger partial charge in [0.2, 0.25) is 0 Å². The van der Waals surface area contributed by atoms with E-state index in [0.717, 1.165) is 30.5 Å². The molecule has 0 bridgehead atoms. The molecule has 1 heterocycles. The zero-order valence-corrected chi connectivity index (χ0v) is 10.6. The van der Waals surface area contributed by atoms with Crippen molar-refractivity contribution in [3.05, 3.63) is 59.7 Å². The molecule has 0 saturated heterocycles. The molecule has 3 heteroatoms. The van der Waals surface area contributed by atoms with Crippen LogP contribution in [0.5, 0.6) is 0 Å². The first-order valence-corrected chi connectivity index (χ1v) is 6.54. The summed E-state index contributed by atoms with van der Waals surface area (Å²) in [6.45, 7) is 0. The van der Waals surface area contributed by atoms with Crippen molar-refractivity contribution >= 4 is 5.57 Å². The third-order valence-corrected chi connectivity index (χ3v) is 3.76. The molecular formula is C16H15N3. The van der Waals surface area contributed by atoms with Gasteiger partial charge in [0.15, 0.2) is 0 Å². The first-order valence-electron chi connectivity index (χ1n) is 6.54. The molecule has 1 aromatic carbocycles. The number of H-pyrrole nitrogens is 1. The molecule has 1 aliphatic rings. The zero-order chi connectivity index (χ0) is 13.1. The van der Waals surface area contributed by atoms with Crippen molar-refractivity contribution in [2.75, 3.05) is 0 Å². The van der Waals surface area contributed by atoms with E-state index in [4.69, 9.17) is 5.26 Å². The van der Waals surface area contributed by atoms with Gasteiger partial charge in [-0.2, -0.15) is 5.26 Å². The summed E-state index contributed by atoms with van der Waals surface area (Å²) in [7, 11) is 0. The minimum absolute atomic E-state index is 0.387. The summed E-state index contributed by atoms with van der Waals surface area (Å²) in [4.78, 5) is 7.28. The van der Waals surface area contributed by atoms with Crippen molar-refractivity contribution in [3.8, 4) is 6.07 Å². The van der Waals surface area contributed by atoms with Crippen molar-refractivity contribution in [2.24, 2.45) is 5.92 Å². The van der Waals surface area contributed by atoms with E-state index in [2.05, 4.69) is 34.2 Å². The fourth-order valence-corrected chi connectivity index (χ4v) is 2.86. The smallest absolute Gasteiger partial charge is 0.0923 e. The van der Waals surface area contributed by atoms with E-state index in [9.17, 15) is 0 Å². The summed E-state index contributed by atoms with van der Waals surface area (Å²) < 4.78 is 0. The molecule has 3 rings (SSSR count). The standard InChI is InChI=1S/C16H15N3/c17-8-7-16-13(9-14-10-18-11-19-14)6-5-12-3-1-2-4-15(12)16/h1-4,7,10-11,13H,5-6,9H2,(H,18,19)/b16-7-. The number of rotatable bonds is 2. The van der Waals surface area contributed by atoms with Gasteiger partial charge in [0, 0.05) is 12.3 Å². The number of hydrogen-bond acceptors (Lipinski definition) is 2. The van der Waals surface area contributed by atoms with E-state index in [-0.39, 0.29) is 0 Å². The Hall–Kier alpha value is -2.34. The van der Waals surface area contributed by atoms with Gasteiger partial charge in [-0.15, -0.1) is 0 Å². The van der Waals surface area contributed by atoms with Gasteiger partial charge in [-0.1, -0.05) is 24.3 Å². The van der Waals surface area contributed by atoms with Crippen LogP contribution in [-0.2, 0) is 12.8 Å². The van der Waals surface area contributed by atoms with Gasteiger partial charge in [0.05, 0.1) is 18.1 Å². The van der Waals surface area contributed by atoms with Crippen LogP contribution in [0.3, 0.4) is 0 Å². The molecular weight excluding hydrogens is 234 g/mol. The van der Waals surface area contributed by atoms with Crippen molar-refractivity contribution < 1.29 is 0 Å². The first-order chi connectivity index (χ1) is 9.38. The average Bonchev–Trinajstić information content (AvgIpc) is 2.94. The number of allylic oxidation sites excluding steroid dienone is 2. The van der Waals surface area contributed by atoms with E-state index < -0.39 is 0 Å². The zero-order valence-electron chi connectivity index (χ0n) is 10.6. The first kappa shape index (κ1) is 11.7. The largest absolute Gasteiger partial charge is 0.351 e. The normalized spacial score (nSPS) is 19.9. The molecule has 0 fully saturated rings. The summed E-state index contributed by atoms with van der Waals surface area (Å²) in [6.07, 6.45) is 8.40. The molecule has 1 atom stereocenters. The van der Waals surface area contributed by atoms with Crippen LogP contribution in [0.25, 0.3) is 5.57 Å². The number of aromatic nitrogens is 2.